The number of anilines is 3. The van der Waals surface area contributed by atoms with Crippen LogP contribution >= 0.6 is 11.6 Å². The van der Waals surface area contributed by atoms with Crippen molar-refractivity contribution in [3.63, 3.8) is 0 Å². The summed E-state index contributed by atoms with van der Waals surface area (Å²) in [5.74, 6) is -0.231. The number of methoxy groups -OCH3 is 1. The molecule has 0 radical (unpaired) electrons. The van der Waals surface area contributed by atoms with Crippen LogP contribution in [0.4, 0.5) is 17.2 Å². The Labute approximate surface area is 195 Å². The standard InChI is InChI=1S/C23H26ClN5O4/c1-33-13-12-29-21(25)20(22(31)27-23(29)32)28(15-16-6-3-2-4-7-16)11-10-19(30)26-18-9-5-8-17(24)14-18/h2-9,14H,10-13,15,25H2,1H3,(H,26,30)(H,27,31,32). The average molecular weight is 472 g/mol. The molecule has 0 aliphatic rings. The van der Waals surface area contributed by atoms with E-state index in [1.165, 1.54) is 11.7 Å². The van der Waals surface area contributed by atoms with Crippen LogP contribution in [-0.2, 0) is 22.6 Å². The number of nitrogens with zero attached hydrogens (tertiary/aromatic N) is 2. The maximum atomic E-state index is 12.8. The van der Waals surface area contributed by atoms with E-state index in [0.717, 1.165) is 5.56 Å². The van der Waals surface area contributed by atoms with E-state index >= 15 is 0 Å². The molecule has 0 bridgehead atoms. The van der Waals surface area contributed by atoms with E-state index in [0.29, 0.717) is 17.3 Å². The molecule has 0 fully saturated rings. The predicted molar refractivity (Wildman–Crippen MR) is 130 cm³/mol. The minimum atomic E-state index is -0.614. The van der Waals surface area contributed by atoms with Crippen molar-refractivity contribution in [3.05, 3.63) is 86.0 Å². The fourth-order valence-corrected chi connectivity index (χ4v) is 3.58. The molecule has 3 rings (SSSR count). The Bertz CT molecular complexity index is 1210. The van der Waals surface area contributed by atoms with Gasteiger partial charge in [0, 0.05) is 37.3 Å². The summed E-state index contributed by atoms with van der Waals surface area (Å²) >= 11 is 5.98. The van der Waals surface area contributed by atoms with Gasteiger partial charge in [0.25, 0.3) is 5.56 Å². The van der Waals surface area contributed by atoms with Crippen molar-refractivity contribution in [1.29, 1.82) is 0 Å². The quantitative estimate of drug-likeness (QED) is 0.417. The van der Waals surface area contributed by atoms with Crippen molar-refractivity contribution in [2.45, 2.75) is 19.5 Å². The number of amides is 1. The number of H-pyrrole nitrogens is 1. The van der Waals surface area contributed by atoms with E-state index in [1.807, 2.05) is 30.3 Å². The zero-order chi connectivity index (χ0) is 23.8. The number of halogens is 1. The average Bonchev–Trinajstić information content (AvgIpc) is 2.77. The summed E-state index contributed by atoms with van der Waals surface area (Å²) in [5.41, 5.74) is 6.65. The molecule has 4 N–H and O–H groups in total. The third-order valence-electron chi connectivity index (χ3n) is 4.98. The summed E-state index contributed by atoms with van der Waals surface area (Å²) in [6, 6.07) is 16.3. The van der Waals surface area contributed by atoms with Crippen LogP contribution in [0.15, 0.2) is 64.2 Å². The normalized spacial score (nSPS) is 10.7. The second kappa shape index (κ2) is 11.3. The Kier molecular flexibility index (Phi) is 8.28. The number of carbonyl (C=O) groups excluding carboxylic acids is 1. The van der Waals surface area contributed by atoms with Gasteiger partial charge in [-0.05, 0) is 23.8 Å². The zero-order valence-electron chi connectivity index (χ0n) is 18.2. The monoisotopic (exact) mass is 471 g/mol. The Morgan fingerprint density at radius 3 is 2.64 bits per heavy atom. The Hall–Kier alpha value is -3.56. The van der Waals surface area contributed by atoms with Gasteiger partial charge < -0.3 is 20.7 Å². The number of aromatic amines is 1. The number of hydrogen-bond donors (Lipinski definition) is 3. The molecule has 3 aromatic rings. The highest BCUT2D eigenvalue weighted by atomic mass is 35.5. The van der Waals surface area contributed by atoms with Crippen molar-refractivity contribution in [3.8, 4) is 0 Å². The van der Waals surface area contributed by atoms with Gasteiger partial charge in [-0.3, -0.25) is 19.1 Å². The van der Waals surface area contributed by atoms with E-state index in [-0.39, 0.29) is 43.5 Å². The summed E-state index contributed by atoms with van der Waals surface area (Å²) < 4.78 is 6.30. The lowest BCUT2D eigenvalue weighted by Crippen LogP contribution is -2.39. The van der Waals surface area contributed by atoms with Gasteiger partial charge in [-0.1, -0.05) is 48.0 Å². The maximum absolute atomic E-state index is 12.8. The van der Waals surface area contributed by atoms with Crippen LogP contribution in [0.1, 0.15) is 12.0 Å². The van der Waals surface area contributed by atoms with Crippen molar-refractivity contribution in [2.24, 2.45) is 0 Å². The molecule has 0 spiro atoms. The molecule has 10 heteroatoms. The fraction of sp³-hybridized carbons (Fsp3) is 0.261. The topological polar surface area (TPSA) is 122 Å². The number of rotatable bonds is 10. The van der Waals surface area contributed by atoms with Crippen LogP contribution in [0.25, 0.3) is 0 Å². The zero-order valence-corrected chi connectivity index (χ0v) is 19.0. The number of benzene rings is 2. The Morgan fingerprint density at radius 1 is 1.18 bits per heavy atom. The molecule has 174 valence electrons. The van der Waals surface area contributed by atoms with Gasteiger partial charge in [-0.25, -0.2) is 4.79 Å². The molecule has 0 unspecified atom stereocenters. The lowest BCUT2D eigenvalue weighted by Gasteiger charge is -2.26. The molecule has 1 amide bonds. The minimum Gasteiger partial charge on any atom is -0.383 e. The molecule has 0 saturated heterocycles. The van der Waals surface area contributed by atoms with Gasteiger partial charge in [0.2, 0.25) is 5.91 Å². The van der Waals surface area contributed by atoms with E-state index in [9.17, 15) is 14.4 Å². The minimum absolute atomic E-state index is 0.0204. The largest absolute Gasteiger partial charge is 0.383 e. The third-order valence-corrected chi connectivity index (χ3v) is 5.22. The molecule has 0 aliphatic carbocycles. The number of ether oxygens (including phenoxy) is 1. The molecular formula is C23H26ClN5O4. The van der Waals surface area contributed by atoms with Crippen LogP contribution in [0.5, 0.6) is 0 Å². The van der Waals surface area contributed by atoms with Gasteiger partial charge in [0.15, 0.2) is 0 Å². The second-order valence-electron chi connectivity index (χ2n) is 7.35. The number of hydrogen-bond acceptors (Lipinski definition) is 6. The number of aromatic nitrogens is 2. The first-order chi connectivity index (χ1) is 15.9. The van der Waals surface area contributed by atoms with Gasteiger partial charge in [0.1, 0.15) is 11.5 Å². The van der Waals surface area contributed by atoms with E-state index in [1.54, 1.807) is 29.2 Å². The van der Waals surface area contributed by atoms with Crippen LogP contribution in [0.2, 0.25) is 5.02 Å². The molecular weight excluding hydrogens is 446 g/mol. The highest BCUT2D eigenvalue weighted by Crippen LogP contribution is 2.20. The van der Waals surface area contributed by atoms with Crippen molar-refractivity contribution in [1.82, 2.24) is 9.55 Å². The second-order valence-corrected chi connectivity index (χ2v) is 7.79. The lowest BCUT2D eigenvalue weighted by molar-refractivity contribution is -0.116. The third kappa shape index (κ3) is 6.47. The van der Waals surface area contributed by atoms with Crippen molar-refractivity contribution < 1.29 is 9.53 Å². The first kappa shape index (κ1) is 24.1. The van der Waals surface area contributed by atoms with Gasteiger partial charge >= 0.3 is 5.69 Å². The van der Waals surface area contributed by atoms with Crippen molar-refractivity contribution >= 4 is 34.7 Å². The van der Waals surface area contributed by atoms with E-state index < -0.39 is 11.2 Å². The molecule has 2 aromatic carbocycles. The molecule has 0 saturated carbocycles. The first-order valence-electron chi connectivity index (χ1n) is 10.3. The SMILES string of the molecule is COCCn1c(N)c(N(CCC(=O)Nc2cccc(Cl)c2)Cc2ccccc2)c(=O)[nH]c1=O. The number of nitrogens with one attached hydrogen (secondary N) is 2. The highest BCUT2D eigenvalue weighted by molar-refractivity contribution is 6.30. The van der Waals surface area contributed by atoms with E-state index in [2.05, 4.69) is 10.3 Å². The van der Waals surface area contributed by atoms with Crippen LogP contribution in [0.3, 0.4) is 0 Å². The highest BCUT2D eigenvalue weighted by Gasteiger charge is 2.20. The summed E-state index contributed by atoms with van der Waals surface area (Å²) in [7, 11) is 1.51. The smallest absolute Gasteiger partial charge is 0.330 e. The molecule has 0 atom stereocenters. The summed E-state index contributed by atoms with van der Waals surface area (Å²) in [4.78, 5) is 41.6. The molecule has 1 aromatic heterocycles. The van der Waals surface area contributed by atoms with Crippen LogP contribution < -0.4 is 27.2 Å². The summed E-state index contributed by atoms with van der Waals surface area (Å²) in [6.07, 6.45) is 0.0788. The van der Waals surface area contributed by atoms with Gasteiger partial charge in [-0.15, -0.1) is 0 Å². The Morgan fingerprint density at radius 2 is 1.94 bits per heavy atom. The lowest BCUT2D eigenvalue weighted by atomic mass is 10.2. The Balaban J connectivity index is 1.88. The molecule has 9 nitrogen and oxygen atoms in total. The predicted octanol–water partition coefficient (Wildman–Crippen LogP) is 2.45. The van der Waals surface area contributed by atoms with E-state index in [4.69, 9.17) is 22.1 Å². The summed E-state index contributed by atoms with van der Waals surface area (Å²) in [6.45, 7) is 0.938. The summed E-state index contributed by atoms with van der Waals surface area (Å²) in [5, 5.41) is 3.30. The number of carbonyl (C=O) groups is 1. The van der Waals surface area contributed by atoms with Crippen molar-refractivity contribution in [2.75, 3.05) is 36.2 Å². The maximum Gasteiger partial charge on any atom is 0.330 e. The number of nitrogen functional groups attached to an aromatic ring is 1. The first-order valence-corrected chi connectivity index (χ1v) is 10.7. The van der Waals surface area contributed by atoms with Gasteiger partial charge in [0.05, 0.1) is 13.2 Å². The molecule has 0 aliphatic heterocycles. The van der Waals surface area contributed by atoms with Crippen LogP contribution in [-0.4, -0.2) is 35.7 Å². The molecule has 1 heterocycles. The fourth-order valence-electron chi connectivity index (χ4n) is 3.39. The van der Waals surface area contributed by atoms with Crippen LogP contribution in [0, 0.1) is 0 Å². The van der Waals surface area contributed by atoms with Gasteiger partial charge in [-0.2, -0.15) is 0 Å². The number of nitrogens with two attached hydrogens (primary N) is 1. The molecule has 33 heavy (non-hydrogen) atoms.